The topological polar surface area (TPSA) is 29.3 Å². The number of hydrogen-bond acceptors (Lipinski definition) is 4. The predicted molar refractivity (Wildman–Crippen MR) is 250 cm³/mol. The zero-order chi connectivity index (χ0) is 38.9. The molecule has 0 N–H and O–H groups in total. The van der Waals surface area contributed by atoms with Crippen LogP contribution >= 0.6 is 11.3 Å². The van der Waals surface area contributed by atoms with Crippen LogP contribution in [0.5, 0.6) is 0 Å². The monoisotopic (exact) mass is 770 g/mol. The molecule has 0 spiro atoms. The maximum absolute atomic E-state index is 6.64. The number of nitrogens with zero attached hydrogens (tertiary/aromatic N) is 2. The minimum absolute atomic E-state index is 0.835. The SMILES string of the molecule is c1ccc(-c2ccc(N(c3ccc4sc5cccc(-c6cccc7c6ccc6ccccc67)c5c4c3)c3cccc4oc5cc(-c6ccccn6)ccc5c34)cc2)cc1. The molecule has 276 valence electrons. The lowest BCUT2D eigenvalue weighted by molar-refractivity contribution is 0.669. The highest BCUT2D eigenvalue weighted by Gasteiger charge is 2.22. The summed E-state index contributed by atoms with van der Waals surface area (Å²) < 4.78 is 9.18. The van der Waals surface area contributed by atoms with Crippen molar-refractivity contribution in [3.8, 4) is 33.5 Å². The molecular formula is C55H34N2OS. The summed E-state index contributed by atoms with van der Waals surface area (Å²) >= 11 is 1.86. The van der Waals surface area contributed by atoms with Gasteiger partial charge in [-0.25, -0.2) is 0 Å². The number of furan rings is 1. The van der Waals surface area contributed by atoms with Crippen LogP contribution in [0.25, 0.3) is 97.2 Å². The number of aromatic nitrogens is 1. The maximum atomic E-state index is 6.64. The van der Waals surface area contributed by atoms with E-state index >= 15 is 0 Å². The van der Waals surface area contributed by atoms with E-state index in [4.69, 9.17) is 4.42 Å². The van der Waals surface area contributed by atoms with E-state index in [9.17, 15) is 0 Å². The van der Waals surface area contributed by atoms with Crippen LogP contribution in [0, 0.1) is 0 Å². The van der Waals surface area contributed by atoms with Crippen molar-refractivity contribution in [3.05, 3.63) is 206 Å². The van der Waals surface area contributed by atoms with Crippen LogP contribution in [-0.4, -0.2) is 4.98 Å². The van der Waals surface area contributed by atoms with Crippen LogP contribution in [0.1, 0.15) is 0 Å². The van der Waals surface area contributed by atoms with Gasteiger partial charge in [0, 0.05) is 48.7 Å². The van der Waals surface area contributed by atoms with Crippen molar-refractivity contribution in [2.75, 3.05) is 4.90 Å². The number of rotatable bonds is 6. The summed E-state index contributed by atoms with van der Waals surface area (Å²) in [5.74, 6) is 0. The summed E-state index contributed by atoms with van der Waals surface area (Å²) in [5, 5.41) is 9.73. The molecular weight excluding hydrogens is 737 g/mol. The van der Waals surface area contributed by atoms with Crippen molar-refractivity contribution in [2.24, 2.45) is 0 Å². The normalized spacial score (nSPS) is 11.7. The number of thiophene rings is 1. The van der Waals surface area contributed by atoms with Crippen LogP contribution in [-0.2, 0) is 0 Å². The van der Waals surface area contributed by atoms with Gasteiger partial charge >= 0.3 is 0 Å². The molecule has 59 heavy (non-hydrogen) atoms. The zero-order valence-corrected chi connectivity index (χ0v) is 32.7. The number of benzene rings is 9. The Morgan fingerprint density at radius 2 is 1.15 bits per heavy atom. The molecule has 4 heteroatoms. The quantitative estimate of drug-likeness (QED) is 0.158. The van der Waals surface area contributed by atoms with Crippen LogP contribution in [0.4, 0.5) is 17.1 Å². The first-order valence-electron chi connectivity index (χ1n) is 19.9. The fourth-order valence-corrected chi connectivity index (χ4v) is 10.1. The highest BCUT2D eigenvalue weighted by atomic mass is 32.1. The number of fused-ring (bicyclic) bond motifs is 9. The molecule has 12 rings (SSSR count). The fourth-order valence-electron chi connectivity index (χ4n) is 9.00. The molecule has 0 saturated carbocycles. The van der Waals surface area contributed by atoms with Gasteiger partial charge < -0.3 is 9.32 Å². The first-order valence-corrected chi connectivity index (χ1v) is 20.8. The molecule has 0 bridgehead atoms. The molecule has 3 aromatic heterocycles. The summed E-state index contributed by atoms with van der Waals surface area (Å²) in [6, 6.07) is 72.0. The molecule has 3 nitrogen and oxygen atoms in total. The van der Waals surface area contributed by atoms with Gasteiger partial charge in [0.05, 0.1) is 16.8 Å². The van der Waals surface area contributed by atoms with Crippen molar-refractivity contribution in [2.45, 2.75) is 0 Å². The van der Waals surface area contributed by atoms with Crippen molar-refractivity contribution in [3.63, 3.8) is 0 Å². The molecule has 0 aliphatic rings. The average molecular weight is 771 g/mol. The molecule has 0 aliphatic heterocycles. The van der Waals surface area contributed by atoms with Crippen LogP contribution in [0.2, 0.25) is 0 Å². The first kappa shape index (κ1) is 33.6. The number of pyridine rings is 1. The molecule has 0 aliphatic carbocycles. The lowest BCUT2D eigenvalue weighted by Crippen LogP contribution is -2.10. The van der Waals surface area contributed by atoms with Crippen molar-refractivity contribution >= 4 is 92.1 Å². The lowest BCUT2D eigenvalue weighted by Gasteiger charge is -2.26. The Morgan fingerprint density at radius 3 is 2.05 bits per heavy atom. The Morgan fingerprint density at radius 1 is 0.407 bits per heavy atom. The third kappa shape index (κ3) is 5.53. The second-order valence-corrected chi connectivity index (χ2v) is 16.2. The highest BCUT2D eigenvalue weighted by Crippen LogP contribution is 2.48. The number of hydrogen-bond donors (Lipinski definition) is 0. The molecule has 0 fully saturated rings. The van der Waals surface area contributed by atoms with Crippen LogP contribution < -0.4 is 4.90 Å². The molecule has 9 aromatic carbocycles. The van der Waals surface area contributed by atoms with Crippen molar-refractivity contribution < 1.29 is 4.42 Å². The molecule has 0 unspecified atom stereocenters. The van der Waals surface area contributed by atoms with Gasteiger partial charge in [-0.1, -0.05) is 127 Å². The van der Waals surface area contributed by atoms with Crippen LogP contribution in [0.3, 0.4) is 0 Å². The van der Waals surface area contributed by atoms with Crippen molar-refractivity contribution in [1.29, 1.82) is 0 Å². The highest BCUT2D eigenvalue weighted by molar-refractivity contribution is 7.26. The Kier molecular flexibility index (Phi) is 7.72. The average Bonchev–Trinajstić information content (AvgIpc) is 3.88. The second-order valence-electron chi connectivity index (χ2n) is 15.1. The first-order chi connectivity index (χ1) is 29.2. The van der Waals surface area contributed by atoms with Gasteiger partial charge in [0.15, 0.2) is 0 Å². The van der Waals surface area contributed by atoms with Gasteiger partial charge in [0.1, 0.15) is 11.2 Å². The number of anilines is 3. The molecule has 0 amide bonds. The summed E-state index contributed by atoms with van der Waals surface area (Å²) in [5.41, 5.74) is 11.7. The summed E-state index contributed by atoms with van der Waals surface area (Å²) in [7, 11) is 0. The van der Waals surface area contributed by atoms with Gasteiger partial charge in [0.25, 0.3) is 0 Å². The lowest BCUT2D eigenvalue weighted by atomic mass is 9.92. The summed E-state index contributed by atoms with van der Waals surface area (Å²) in [6.45, 7) is 0. The third-order valence-corrected chi connectivity index (χ3v) is 12.9. The molecule has 0 saturated heterocycles. The molecule has 3 heterocycles. The van der Waals surface area contributed by atoms with E-state index in [1.165, 1.54) is 64.0 Å². The molecule has 12 aromatic rings. The van der Waals surface area contributed by atoms with E-state index in [1.807, 2.05) is 35.7 Å². The Hall–Kier alpha value is -7.53. The van der Waals surface area contributed by atoms with E-state index < -0.39 is 0 Å². The van der Waals surface area contributed by atoms with E-state index in [0.29, 0.717) is 0 Å². The summed E-state index contributed by atoms with van der Waals surface area (Å²) in [4.78, 5) is 7.01. The van der Waals surface area contributed by atoms with E-state index in [0.717, 1.165) is 50.3 Å². The zero-order valence-electron chi connectivity index (χ0n) is 31.8. The van der Waals surface area contributed by atoms with E-state index in [1.54, 1.807) is 0 Å². The Balaban J connectivity index is 1.08. The minimum atomic E-state index is 0.835. The Bertz CT molecular complexity index is 3550. The Labute approximate surface area is 344 Å². The van der Waals surface area contributed by atoms with E-state index in [2.05, 4.69) is 192 Å². The van der Waals surface area contributed by atoms with Gasteiger partial charge in [-0.2, -0.15) is 0 Å². The van der Waals surface area contributed by atoms with E-state index in [-0.39, 0.29) is 0 Å². The third-order valence-electron chi connectivity index (χ3n) is 11.7. The van der Waals surface area contributed by atoms with Gasteiger partial charge in [-0.3, -0.25) is 4.98 Å². The van der Waals surface area contributed by atoms with Crippen LogP contribution in [0.15, 0.2) is 211 Å². The smallest absolute Gasteiger partial charge is 0.137 e. The largest absolute Gasteiger partial charge is 0.456 e. The van der Waals surface area contributed by atoms with Crippen molar-refractivity contribution in [1.82, 2.24) is 4.98 Å². The fraction of sp³-hybridized carbons (Fsp3) is 0. The predicted octanol–water partition coefficient (Wildman–Crippen LogP) is 16.1. The minimum Gasteiger partial charge on any atom is -0.456 e. The van der Waals surface area contributed by atoms with Gasteiger partial charge in [0.2, 0.25) is 0 Å². The standard InChI is InChI=1S/C55H34N2OS/c1-2-11-35(12-3-1)36-22-26-39(27-23-36)57(49-19-10-20-50-55(49)46-30-25-38(33-51(46)58-50)48-18-6-7-32-56-48)40-28-31-52-47(34-40)54-45(17-9-21-53(54)59-52)43-16-8-15-42-41-14-5-4-13-37(41)24-29-44(42)43/h1-34H. The van der Waals surface area contributed by atoms with Gasteiger partial charge in [-0.05, 0) is 117 Å². The van der Waals surface area contributed by atoms with Gasteiger partial charge in [-0.15, -0.1) is 11.3 Å². The summed E-state index contributed by atoms with van der Waals surface area (Å²) in [6.07, 6.45) is 1.83. The maximum Gasteiger partial charge on any atom is 0.137 e. The second kappa shape index (κ2) is 13.6. The molecule has 0 radical (unpaired) electrons. The molecule has 0 atom stereocenters.